The Hall–Kier alpha value is -3.13. The van der Waals surface area contributed by atoms with Crippen LogP contribution in [0.4, 0.5) is 11.6 Å². The molecule has 1 aromatic carbocycles. The highest BCUT2D eigenvalue weighted by molar-refractivity contribution is 5.96. The normalized spacial score (nSPS) is 17.4. The number of benzene rings is 1. The van der Waals surface area contributed by atoms with Crippen LogP contribution in [0.25, 0.3) is 5.65 Å². The molecule has 1 aliphatic rings. The van der Waals surface area contributed by atoms with Crippen LogP contribution in [0.15, 0.2) is 30.3 Å². The topological polar surface area (TPSA) is 91.8 Å². The van der Waals surface area contributed by atoms with E-state index in [2.05, 4.69) is 49.3 Å². The molecule has 188 valence electrons. The van der Waals surface area contributed by atoms with E-state index in [-0.39, 0.29) is 11.9 Å². The molecule has 3 aromatic rings. The van der Waals surface area contributed by atoms with Crippen molar-refractivity contribution in [1.29, 1.82) is 0 Å². The van der Waals surface area contributed by atoms with Crippen molar-refractivity contribution in [2.75, 3.05) is 43.9 Å². The Morgan fingerprint density at radius 3 is 2.69 bits per heavy atom. The zero-order valence-electron chi connectivity index (χ0n) is 21.5. The van der Waals surface area contributed by atoms with Gasteiger partial charge in [-0.05, 0) is 49.3 Å². The third-order valence-electron chi connectivity index (χ3n) is 7.04. The second-order valence-electron chi connectivity index (χ2n) is 9.47. The van der Waals surface area contributed by atoms with Crippen molar-refractivity contribution in [3.05, 3.63) is 52.7 Å². The van der Waals surface area contributed by atoms with Crippen LogP contribution in [-0.4, -0.2) is 59.1 Å². The fourth-order valence-corrected chi connectivity index (χ4v) is 4.93. The maximum absolute atomic E-state index is 13.8. The van der Waals surface area contributed by atoms with E-state index in [1.54, 1.807) is 0 Å². The van der Waals surface area contributed by atoms with Crippen molar-refractivity contribution in [3.63, 3.8) is 0 Å². The number of amides is 1. The second-order valence-corrected chi connectivity index (χ2v) is 9.47. The Morgan fingerprint density at radius 1 is 1.11 bits per heavy atom. The number of rotatable bonds is 5. The number of nitrogens with zero attached hydrogens (tertiary/aromatic N) is 5. The van der Waals surface area contributed by atoms with Gasteiger partial charge >= 0.3 is 0 Å². The van der Waals surface area contributed by atoms with E-state index in [9.17, 15) is 4.79 Å². The summed E-state index contributed by atoms with van der Waals surface area (Å²) in [7, 11) is 4.01. The van der Waals surface area contributed by atoms with Gasteiger partial charge in [0.25, 0.3) is 5.91 Å². The molecule has 0 spiro atoms. The van der Waals surface area contributed by atoms with Gasteiger partial charge in [0.2, 0.25) is 0 Å². The lowest BCUT2D eigenvalue weighted by atomic mass is 9.96. The minimum absolute atomic E-state index is 0.0599. The minimum atomic E-state index is -0.147. The first-order chi connectivity index (χ1) is 17.0. The standard InChI is InChI=1S/C27H39N7O/c1-5-19-11-12-20-10-8-7-9-15-32(3)26-18-24(29-14-13-28)30-25-17-22(31-34(25)26)23(6-2)33(4)27(35)21(20)16-19/h11-12,16-18,23H,5-10,13-15,28H2,1-4H3,(H,29,30). The first-order valence-corrected chi connectivity index (χ1v) is 12.9. The van der Waals surface area contributed by atoms with Crippen LogP contribution in [-0.2, 0) is 12.8 Å². The smallest absolute Gasteiger partial charge is 0.254 e. The SMILES string of the molecule is CCc1ccc2c(c1)C(=O)N(C)C(CC)c1cc3nc(NCCN)cc(n3n1)N(C)CCCCC2. The largest absolute Gasteiger partial charge is 0.369 e. The molecule has 0 saturated heterocycles. The number of hydrogen-bond donors (Lipinski definition) is 2. The molecule has 2 bridgehead atoms. The highest BCUT2D eigenvalue weighted by Crippen LogP contribution is 2.29. The number of fused-ring (bicyclic) bond motifs is 2. The molecule has 1 atom stereocenters. The van der Waals surface area contributed by atoms with Gasteiger partial charge in [-0.2, -0.15) is 9.61 Å². The lowest BCUT2D eigenvalue weighted by Crippen LogP contribution is -2.32. The maximum atomic E-state index is 13.8. The van der Waals surface area contributed by atoms with Crippen LogP contribution in [0, 0.1) is 0 Å². The van der Waals surface area contributed by atoms with Gasteiger partial charge < -0.3 is 20.9 Å². The van der Waals surface area contributed by atoms with E-state index in [0.717, 1.165) is 79.2 Å². The fourth-order valence-electron chi connectivity index (χ4n) is 4.93. The summed E-state index contributed by atoms with van der Waals surface area (Å²) >= 11 is 0. The molecule has 3 N–H and O–H groups in total. The average molecular weight is 478 g/mol. The molecule has 0 radical (unpaired) electrons. The van der Waals surface area contributed by atoms with Gasteiger partial charge in [0.05, 0.1) is 11.7 Å². The Bertz CT molecular complexity index is 1170. The number of anilines is 2. The zero-order valence-corrected chi connectivity index (χ0v) is 21.5. The van der Waals surface area contributed by atoms with Gasteiger partial charge in [0.15, 0.2) is 5.65 Å². The Morgan fingerprint density at radius 2 is 1.94 bits per heavy atom. The van der Waals surface area contributed by atoms with Crippen molar-refractivity contribution in [1.82, 2.24) is 19.5 Å². The number of carbonyl (C=O) groups excluding carboxylic acids is 1. The molecule has 3 heterocycles. The number of hydrogen-bond acceptors (Lipinski definition) is 6. The molecule has 1 unspecified atom stereocenters. The maximum Gasteiger partial charge on any atom is 0.254 e. The van der Waals surface area contributed by atoms with Gasteiger partial charge in [-0.3, -0.25) is 4.79 Å². The number of aromatic nitrogens is 3. The molecule has 8 heteroatoms. The van der Waals surface area contributed by atoms with E-state index in [0.29, 0.717) is 13.1 Å². The van der Waals surface area contributed by atoms with Gasteiger partial charge in [-0.15, -0.1) is 0 Å². The van der Waals surface area contributed by atoms with E-state index >= 15 is 0 Å². The summed E-state index contributed by atoms with van der Waals surface area (Å²) in [5.74, 6) is 1.83. The van der Waals surface area contributed by atoms with Crippen molar-refractivity contribution in [2.24, 2.45) is 5.73 Å². The molecule has 1 amide bonds. The Kier molecular flexibility index (Phi) is 7.90. The quantitative estimate of drug-likeness (QED) is 0.576. The molecule has 0 aliphatic carbocycles. The van der Waals surface area contributed by atoms with Crippen LogP contribution < -0.4 is 16.0 Å². The minimum Gasteiger partial charge on any atom is -0.369 e. The van der Waals surface area contributed by atoms with Crippen LogP contribution >= 0.6 is 0 Å². The molecule has 35 heavy (non-hydrogen) atoms. The average Bonchev–Trinajstić information content (AvgIpc) is 3.29. The lowest BCUT2D eigenvalue weighted by molar-refractivity contribution is 0.0721. The Labute approximate surface area is 208 Å². The van der Waals surface area contributed by atoms with E-state index in [1.165, 1.54) is 5.56 Å². The number of aryl methyl sites for hydroxylation is 2. The Balaban J connectivity index is 1.81. The van der Waals surface area contributed by atoms with Gasteiger partial charge in [-0.1, -0.05) is 32.4 Å². The summed E-state index contributed by atoms with van der Waals surface area (Å²) < 4.78 is 1.91. The van der Waals surface area contributed by atoms with Gasteiger partial charge in [0.1, 0.15) is 11.6 Å². The molecule has 4 rings (SSSR count). The fraction of sp³-hybridized carbons (Fsp3) is 0.519. The van der Waals surface area contributed by atoms with Crippen molar-refractivity contribution >= 4 is 23.2 Å². The number of nitrogens with two attached hydrogens (primary N) is 1. The lowest BCUT2D eigenvalue weighted by Gasteiger charge is -2.27. The third kappa shape index (κ3) is 5.27. The summed E-state index contributed by atoms with van der Waals surface area (Å²) in [6.07, 6.45) is 5.80. The van der Waals surface area contributed by atoms with E-state index < -0.39 is 0 Å². The zero-order chi connectivity index (χ0) is 24.9. The van der Waals surface area contributed by atoms with Crippen molar-refractivity contribution in [3.8, 4) is 0 Å². The van der Waals surface area contributed by atoms with Gasteiger partial charge in [-0.25, -0.2) is 4.98 Å². The van der Waals surface area contributed by atoms with E-state index in [4.69, 9.17) is 15.8 Å². The third-order valence-corrected chi connectivity index (χ3v) is 7.04. The van der Waals surface area contributed by atoms with Crippen LogP contribution in [0.3, 0.4) is 0 Å². The van der Waals surface area contributed by atoms with Crippen LogP contribution in [0.1, 0.15) is 72.8 Å². The number of nitrogens with one attached hydrogen (secondary N) is 1. The van der Waals surface area contributed by atoms with Gasteiger partial charge in [0, 0.05) is 51.4 Å². The number of carbonyl (C=O) groups is 1. The monoisotopic (exact) mass is 477 g/mol. The molecule has 2 aromatic heterocycles. The predicted octanol–water partition coefficient (Wildman–Crippen LogP) is 4.05. The molecule has 8 nitrogen and oxygen atoms in total. The van der Waals surface area contributed by atoms with E-state index in [1.807, 2.05) is 28.6 Å². The van der Waals surface area contributed by atoms with Crippen molar-refractivity contribution in [2.45, 2.75) is 58.4 Å². The highest BCUT2D eigenvalue weighted by Gasteiger charge is 2.26. The van der Waals surface area contributed by atoms with Crippen LogP contribution in [0.5, 0.6) is 0 Å². The first kappa shape index (κ1) is 25.0. The molecule has 1 aliphatic heterocycles. The van der Waals surface area contributed by atoms with Crippen molar-refractivity contribution < 1.29 is 4.79 Å². The molecular formula is C27H39N7O. The summed E-state index contributed by atoms with van der Waals surface area (Å²) in [6.45, 7) is 6.34. The highest BCUT2D eigenvalue weighted by atomic mass is 16.2. The molecule has 0 saturated carbocycles. The summed E-state index contributed by atoms with van der Waals surface area (Å²) in [4.78, 5) is 22.7. The molecular weight excluding hydrogens is 438 g/mol. The predicted molar refractivity (Wildman–Crippen MR) is 142 cm³/mol. The summed E-state index contributed by atoms with van der Waals surface area (Å²) in [5, 5.41) is 8.28. The van der Waals surface area contributed by atoms with Crippen LogP contribution in [0.2, 0.25) is 0 Å². The summed E-state index contributed by atoms with van der Waals surface area (Å²) in [5.41, 5.74) is 10.5. The first-order valence-electron chi connectivity index (χ1n) is 12.9. The molecule has 0 fully saturated rings. The second kappa shape index (κ2) is 11.1. The summed E-state index contributed by atoms with van der Waals surface area (Å²) in [6, 6.07) is 10.3.